The molecule has 0 aromatic heterocycles. The van der Waals surface area contributed by atoms with Gasteiger partial charge < -0.3 is 0 Å². The van der Waals surface area contributed by atoms with Crippen LogP contribution in [0.2, 0.25) is 0 Å². The SMILES string of the molecule is CC(C)CC1=Cc2c(cccc2-c2cc(F)cc(F)c2)[CH]1. The number of halogens is 2. The summed E-state index contributed by atoms with van der Waals surface area (Å²) in [6.45, 7) is 4.36. The Labute approximate surface area is 124 Å². The van der Waals surface area contributed by atoms with E-state index in [1.165, 1.54) is 17.7 Å². The molecule has 0 saturated heterocycles. The number of hydrogen-bond acceptors (Lipinski definition) is 0. The molecule has 0 saturated carbocycles. The van der Waals surface area contributed by atoms with E-state index in [9.17, 15) is 8.78 Å². The monoisotopic (exact) mass is 283 g/mol. The molecular formula is C19H17F2. The van der Waals surface area contributed by atoms with Crippen LogP contribution in [-0.4, -0.2) is 0 Å². The van der Waals surface area contributed by atoms with E-state index < -0.39 is 11.6 Å². The zero-order valence-corrected chi connectivity index (χ0v) is 12.2. The van der Waals surface area contributed by atoms with E-state index >= 15 is 0 Å². The molecule has 0 bridgehead atoms. The Kier molecular flexibility index (Phi) is 3.62. The molecule has 107 valence electrons. The topological polar surface area (TPSA) is 0 Å². The molecule has 21 heavy (non-hydrogen) atoms. The number of rotatable bonds is 3. The van der Waals surface area contributed by atoms with Crippen LogP contribution < -0.4 is 0 Å². The van der Waals surface area contributed by atoms with Crippen molar-refractivity contribution in [3.05, 3.63) is 71.2 Å². The Hall–Kier alpha value is -1.96. The van der Waals surface area contributed by atoms with Crippen molar-refractivity contribution in [3.63, 3.8) is 0 Å². The normalized spacial score (nSPS) is 13.5. The van der Waals surface area contributed by atoms with Crippen LogP contribution in [0.3, 0.4) is 0 Å². The fraction of sp³-hybridized carbons (Fsp3) is 0.211. The number of fused-ring (bicyclic) bond motifs is 1. The maximum absolute atomic E-state index is 13.5. The minimum absolute atomic E-state index is 0.545. The second-order valence-electron chi connectivity index (χ2n) is 5.93. The summed E-state index contributed by atoms with van der Waals surface area (Å²) in [7, 11) is 0. The van der Waals surface area contributed by atoms with Gasteiger partial charge in [0, 0.05) is 12.5 Å². The van der Waals surface area contributed by atoms with Crippen molar-refractivity contribution < 1.29 is 8.78 Å². The summed E-state index contributed by atoms with van der Waals surface area (Å²) < 4.78 is 26.9. The molecule has 0 nitrogen and oxygen atoms in total. The molecule has 1 radical (unpaired) electrons. The Morgan fingerprint density at radius 2 is 1.71 bits per heavy atom. The first-order valence-electron chi connectivity index (χ1n) is 7.18. The Bertz CT molecular complexity index is 691. The van der Waals surface area contributed by atoms with Gasteiger partial charge in [-0.2, -0.15) is 0 Å². The van der Waals surface area contributed by atoms with Crippen LogP contribution in [-0.2, 0) is 0 Å². The first-order valence-corrected chi connectivity index (χ1v) is 7.18. The molecule has 2 aromatic carbocycles. The van der Waals surface area contributed by atoms with Gasteiger partial charge in [-0.3, -0.25) is 0 Å². The van der Waals surface area contributed by atoms with E-state index in [0.29, 0.717) is 11.5 Å². The molecule has 0 heterocycles. The fourth-order valence-electron chi connectivity index (χ4n) is 2.85. The summed E-state index contributed by atoms with van der Waals surface area (Å²) >= 11 is 0. The predicted octanol–water partition coefficient (Wildman–Crippen LogP) is 5.63. The van der Waals surface area contributed by atoms with Crippen LogP contribution in [0.4, 0.5) is 8.78 Å². The summed E-state index contributed by atoms with van der Waals surface area (Å²) in [6.07, 6.45) is 5.30. The molecule has 3 rings (SSSR count). The van der Waals surface area contributed by atoms with Gasteiger partial charge in [0.1, 0.15) is 11.6 Å². The molecule has 2 aromatic rings. The van der Waals surface area contributed by atoms with Crippen molar-refractivity contribution >= 4 is 6.08 Å². The van der Waals surface area contributed by atoms with Gasteiger partial charge in [0.15, 0.2) is 0 Å². The lowest BCUT2D eigenvalue weighted by atomic mass is 9.97. The van der Waals surface area contributed by atoms with Crippen LogP contribution in [0, 0.1) is 24.0 Å². The molecule has 0 amide bonds. The first kappa shape index (κ1) is 14.0. The number of hydrogen-bond donors (Lipinski definition) is 0. The zero-order chi connectivity index (χ0) is 15.0. The Balaban J connectivity index is 2.06. The van der Waals surface area contributed by atoms with Gasteiger partial charge in [0.25, 0.3) is 0 Å². The lowest BCUT2D eigenvalue weighted by Crippen LogP contribution is -1.90. The minimum Gasteiger partial charge on any atom is -0.207 e. The maximum Gasteiger partial charge on any atom is 0.126 e. The minimum atomic E-state index is -0.545. The molecular weight excluding hydrogens is 266 g/mol. The molecule has 0 unspecified atom stereocenters. The van der Waals surface area contributed by atoms with Crippen molar-refractivity contribution in [1.29, 1.82) is 0 Å². The molecule has 0 fully saturated rings. The average Bonchev–Trinajstić information content (AvgIpc) is 2.78. The third-order valence-electron chi connectivity index (χ3n) is 3.63. The fourth-order valence-corrected chi connectivity index (χ4v) is 2.85. The Morgan fingerprint density at radius 3 is 2.38 bits per heavy atom. The molecule has 0 aliphatic heterocycles. The largest absolute Gasteiger partial charge is 0.207 e. The van der Waals surface area contributed by atoms with E-state index in [1.54, 1.807) is 0 Å². The van der Waals surface area contributed by atoms with Gasteiger partial charge in [-0.25, -0.2) is 8.78 Å². The van der Waals surface area contributed by atoms with Crippen molar-refractivity contribution in [2.75, 3.05) is 0 Å². The molecule has 1 aliphatic carbocycles. The second-order valence-corrected chi connectivity index (χ2v) is 5.93. The van der Waals surface area contributed by atoms with Gasteiger partial charge in [-0.1, -0.05) is 43.7 Å². The van der Waals surface area contributed by atoms with E-state index in [2.05, 4.69) is 26.3 Å². The van der Waals surface area contributed by atoms with Gasteiger partial charge in [-0.05, 0) is 46.7 Å². The highest BCUT2D eigenvalue weighted by molar-refractivity contribution is 5.83. The third-order valence-corrected chi connectivity index (χ3v) is 3.63. The van der Waals surface area contributed by atoms with Crippen molar-refractivity contribution in [2.45, 2.75) is 20.3 Å². The van der Waals surface area contributed by atoms with Gasteiger partial charge in [0.05, 0.1) is 0 Å². The van der Waals surface area contributed by atoms with Crippen LogP contribution in [0.15, 0.2) is 42.0 Å². The van der Waals surface area contributed by atoms with Crippen molar-refractivity contribution in [2.24, 2.45) is 5.92 Å². The zero-order valence-electron chi connectivity index (χ0n) is 12.2. The summed E-state index contributed by atoms with van der Waals surface area (Å²) in [4.78, 5) is 0. The van der Waals surface area contributed by atoms with Crippen molar-refractivity contribution in [3.8, 4) is 11.1 Å². The number of allylic oxidation sites excluding steroid dienone is 1. The van der Waals surface area contributed by atoms with E-state index in [1.807, 2.05) is 18.2 Å². The summed E-state index contributed by atoms with van der Waals surface area (Å²) in [6, 6.07) is 9.55. The van der Waals surface area contributed by atoms with Crippen LogP contribution >= 0.6 is 0 Å². The van der Waals surface area contributed by atoms with Crippen LogP contribution in [0.5, 0.6) is 0 Å². The maximum atomic E-state index is 13.5. The van der Waals surface area contributed by atoms with E-state index in [-0.39, 0.29) is 0 Å². The van der Waals surface area contributed by atoms with Crippen LogP contribution in [0.25, 0.3) is 17.2 Å². The third kappa shape index (κ3) is 2.90. The molecule has 0 spiro atoms. The summed E-state index contributed by atoms with van der Waals surface area (Å²) in [5.74, 6) is -0.510. The lowest BCUT2D eigenvalue weighted by Gasteiger charge is -2.08. The average molecular weight is 283 g/mol. The van der Waals surface area contributed by atoms with E-state index in [4.69, 9.17) is 0 Å². The lowest BCUT2D eigenvalue weighted by molar-refractivity contribution is 0.584. The highest BCUT2D eigenvalue weighted by atomic mass is 19.1. The Morgan fingerprint density at radius 1 is 1.00 bits per heavy atom. The van der Waals surface area contributed by atoms with Gasteiger partial charge >= 0.3 is 0 Å². The smallest absolute Gasteiger partial charge is 0.126 e. The van der Waals surface area contributed by atoms with Crippen molar-refractivity contribution in [1.82, 2.24) is 0 Å². The van der Waals surface area contributed by atoms with Gasteiger partial charge in [-0.15, -0.1) is 0 Å². The van der Waals surface area contributed by atoms with Gasteiger partial charge in [0.2, 0.25) is 0 Å². The molecule has 0 atom stereocenters. The molecule has 1 aliphatic rings. The molecule has 2 heteroatoms. The second kappa shape index (κ2) is 5.44. The quantitative estimate of drug-likeness (QED) is 0.685. The summed E-state index contributed by atoms with van der Waals surface area (Å²) in [5.41, 5.74) is 4.90. The standard InChI is InChI=1S/C19H17F2/c1-12(2)6-13-7-14-4-3-5-18(19(14)8-13)15-9-16(20)11-17(21)10-15/h3-5,7-12H,6H2,1-2H3. The molecule has 0 N–H and O–H groups in total. The highest BCUT2D eigenvalue weighted by Gasteiger charge is 2.18. The van der Waals surface area contributed by atoms with Crippen LogP contribution in [0.1, 0.15) is 31.4 Å². The predicted molar refractivity (Wildman–Crippen MR) is 82.6 cm³/mol. The van der Waals surface area contributed by atoms with E-state index in [0.717, 1.165) is 29.2 Å². The first-order chi connectivity index (χ1) is 10.0. The summed E-state index contributed by atoms with van der Waals surface area (Å²) in [5, 5.41) is 0. The number of benzene rings is 2. The highest BCUT2D eigenvalue weighted by Crippen LogP contribution is 2.37.